The summed E-state index contributed by atoms with van der Waals surface area (Å²) in [6, 6.07) is 5.67. The highest BCUT2D eigenvalue weighted by Gasteiger charge is 2.46. The lowest BCUT2D eigenvalue weighted by atomic mass is 9.76. The molecule has 1 atom stereocenters. The Labute approximate surface area is 174 Å². The molecule has 1 fully saturated rings. The second-order valence-corrected chi connectivity index (χ2v) is 9.05. The number of alkyl halides is 3. The van der Waals surface area contributed by atoms with Crippen molar-refractivity contribution in [2.75, 3.05) is 17.9 Å². The van der Waals surface area contributed by atoms with E-state index in [-0.39, 0.29) is 29.4 Å². The van der Waals surface area contributed by atoms with Crippen molar-refractivity contribution >= 4 is 27.3 Å². The lowest BCUT2D eigenvalue weighted by molar-refractivity contribution is -0.127. The van der Waals surface area contributed by atoms with E-state index >= 15 is 0 Å². The van der Waals surface area contributed by atoms with Crippen molar-refractivity contribution in [3.63, 3.8) is 0 Å². The van der Waals surface area contributed by atoms with E-state index in [1.54, 1.807) is 10.8 Å². The van der Waals surface area contributed by atoms with Gasteiger partial charge in [0.05, 0.1) is 5.69 Å². The van der Waals surface area contributed by atoms with E-state index in [0.717, 1.165) is 6.42 Å². The summed E-state index contributed by atoms with van der Waals surface area (Å²) in [5, 5.41) is 4.05. The predicted octanol–water partition coefficient (Wildman–Crippen LogP) is 3.88. The SMILES string of the molecule is CCCO/N=C1/C(=O)N(Cc2ccccc2NS(=O)(=O)C(F)(F)F)CCC1(C)CC. The van der Waals surface area contributed by atoms with E-state index in [1.165, 1.54) is 23.1 Å². The first kappa shape index (κ1) is 24.0. The summed E-state index contributed by atoms with van der Waals surface area (Å²) in [5.41, 5.74) is -5.64. The molecular formula is C19H26F3N3O4S. The molecule has 168 valence electrons. The Balaban J connectivity index is 2.29. The number of carbonyl (C=O) groups excluding carboxylic acids is 1. The van der Waals surface area contributed by atoms with Gasteiger partial charge in [-0.1, -0.05) is 44.1 Å². The zero-order chi connectivity index (χ0) is 22.6. The first-order valence-electron chi connectivity index (χ1n) is 9.62. The smallest absolute Gasteiger partial charge is 0.395 e. The number of amides is 1. The molecule has 1 aliphatic rings. The quantitative estimate of drug-likeness (QED) is 0.482. The Morgan fingerprint density at radius 2 is 1.93 bits per heavy atom. The van der Waals surface area contributed by atoms with Crippen molar-refractivity contribution in [2.45, 2.75) is 52.1 Å². The standard InChI is InChI=1S/C19H26F3N3O4S/c1-4-12-29-23-16-17(26)25(11-10-18(16,3)5-2)13-14-8-6-7-9-15(14)24-30(27,28)19(20,21)22/h6-9,24H,4-5,10-13H2,1-3H3/b23-16-. The summed E-state index contributed by atoms with van der Waals surface area (Å²) >= 11 is 0. The van der Waals surface area contributed by atoms with Crippen LogP contribution in [0.2, 0.25) is 0 Å². The second kappa shape index (κ2) is 9.23. The number of rotatable bonds is 8. The fourth-order valence-corrected chi connectivity index (χ4v) is 3.63. The van der Waals surface area contributed by atoms with Crippen molar-refractivity contribution in [1.29, 1.82) is 0 Å². The zero-order valence-electron chi connectivity index (χ0n) is 17.1. The third-order valence-corrected chi connectivity index (χ3v) is 6.25. The molecule has 11 heteroatoms. The molecule has 1 N–H and O–H groups in total. The highest BCUT2D eigenvalue weighted by molar-refractivity contribution is 7.93. The van der Waals surface area contributed by atoms with Gasteiger partial charge in [0, 0.05) is 18.5 Å². The number of piperidine rings is 1. The van der Waals surface area contributed by atoms with Crippen molar-refractivity contribution in [2.24, 2.45) is 10.6 Å². The maximum atomic E-state index is 13.1. The van der Waals surface area contributed by atoms with Gasteiger partial charge in [-0.05, 0) is 30.9 Å². The summed E-state index contributed by atoms with van der Waals surface area (Å²) < 4.78 is 62.8. The average Bonchev–Trinajstić information content (AvgIpc) is 2.67. The molecule has 1 aromatic rings. The van der Waals surface area contributed by atoms with Crippen molar-refractivity contribution < 1.29 is 31.2 Å². The number of sulfonamides is 1. The number of benzene rings is 1. The molecule has 1 saturated heterocycles. The number of nitrogens with one attached hydrogen (secondary N) is 1. The van der Waals surface area contributed by atoms with Crippen molar-refractivity contribution in [3.8, 4) is 0 Å². The van der Waals surface area contributed by atoms with Crippen molar-refractivity contribution in [1.82, 2.24) is 4.90 Å². The molecule has 7 nitrogen and oxygen atoms in total. The highest BCUT2D eigenvalue weighted by Crippen LogP contribution is 2.34. The van der Waals surface area contributed by atoms with E-state index in [1.807, 2.05) is 20.8 Å². The molecule has 0 saturated carbocycles. The van der Waals surface area contributed by atoms with Gasteiger partial charge in [-0.15, -0.1) is 0 Å². The maximum absolute atomic E-state index is 13.1. The minimum Gasteiger partial charge on any atom is -0.395 e. The largest absolute Gasteiger partial charge is 0.516 e. The third-order valence-electron chi connectivity index (χ3n) is 5.15. The van der Waals surface area contributed by atoms with Gasteiger partial charge in [-0.25, -0.2) is 0 Å². The Morgan fingerprint density at radius 1 is 1.27 bits per heavy atom. The number of carbonyl (C=O) groups is 1. The van der Waals surface area contributed by atoms with Crippen LogP contribution in [0.4, 0.5) is 18.9 Å². The molecule has 0 bridgehead atoms. The second-order valence-electron chi connectivity index (χ2n) is 7.37. The van der Waals surface area contributed by atoms with Crippen LogP contribution in [0.15, 0.2) is 29.4 Å². The molecule has 0 aliphatic carbocycles. The fraction of sp³-hybridized carbons (Fsp3) is 0.579. The summed E-state index contributed by atoms with van der Waals surface area (Å²) in [7, 11) is -5.57. The van der Waals surface area contributed by atoms with Crippen LogP contribution in [0.3, 0.4) is 0 Å². The van der Waals surface area contributed by atoms with E-state index < -0.39 is 20.9 Å². The first-order chi connectivity index (χ1) is 13.9. The molecule has 1 unspecified atom stereocenters. The Morgan fingerprint density at radius 3 is 2.53 bits per heavy atom. The Bertz CT molecular complexity index is 903. The molecule has 2 rings (SSSR count). The number of hydrogen-bond acceptors (Lipinski definition) is 5. The highest BCUT2D eigenvalue weighted by atomic mass is 32.2. The fourth-order valence-electron chi connectivity index (χ4n) is 3.02. The van der Waals surface area contributed by atoms with Crippen LogP contribution >= 0.6 is 0 Å². The van der Waals surface area contributed by atoms with Crippen LogP contribution in [0, 0.1) is 5.41 Å². The molecule has 0 spiro atoms. The van der Waals surface area contributed by atoms with E-state index in [0.29, 0.717) is 26.0 Å². The van der Waals surface area contributed by atoms with Gasteiger partial charge in [-0.3, -0.25) is 9.52 Å². The first-order valence-corrected chi connectivity index (χ1v) is 11.1. The van der Waals surface area contributed by atoms with Gasteiger partial charge in [0.25, 0.3) is 5.91 Å². The lowest BCUT2D eigenvalue weighted by Gasteiger charge is -2.39. The average molecular weight is 449 g/mol. The minimum atomic E-state index is -5.57. The maximum Gasteiger partial charge on any atom is 0.516 e. The molecule has 1 heterocycles. The monoisotopic (exact) mass is 449 g/mol. The van der Waals surface area contributed by atoms with Gasteiger partial charge in [0.1, 0.15) is 6.61 Å². The predicted molar refractivity (Wildman–Crippen MR) is 107 cm³/mol. The number of hydrogen-bond donors (Lipinski definition) is 1. The van der Waals surface area contributed by atoms with Crippen LogP contribution in [-0.4, -0.2) is 43.6 Å². The minimum absolute atomic E-state index is 0.0675. The normalized spacial score (nSPS) is 21.7. The van der Waals surface area contributed by atoms with Gasteiger partial charge in [0.2, 0.25) is 0 Å². The molecular weight excluding hydrogens is 423 g/mol. The number of oxime groups is 1. The van der Waals surface area contributed by atoms with Gasteiger partial charge >= 0.3 is 15.5 Å². The number of nitrogens with zero attached hydrogens (tertiary/aromatic N) is 2. The molecule has 0 aromatic heterocycles. The van der Waals surface area contributed by atoms with Crippen LogP contribution in [0.1, 0.15) is 45.6 Å². The molecule has 30 heavy (non-hydrogen) atoms. The topological polar surface area (TPSA) is 88.1 Å². The third kappa shape index (κ3) is 5.24. The molecule has 0 radical (unpaired) electrons. The van der Waals surface area contributed by atoms with Crippen LogP contribution < -0.4 is 4.72 Å². The molecule has 1 amide bonds. The summed E-state index contributed by atoms with van der Waals surface area (Å²) in [6.45, 7) is 6.42. The van der Waals surface area contributed by atoms with E-state index in [4.69, 9.17) is 4.84 Å². The lowest BCUT2D eigenvalue weighted by Crippen LogP contribution is -2.50. The Kier molecular flexibility index (Phi) is 7.38. The van der Waals surface area contributed by atoms with E-state index in [9.17, 15) is 26.4 Å². The number of halogens is 3. The van der Waals surface area contributed by atoms with Crippen LogP contribution in [0.5, 0.6) is 0 Å². The summed E-state index contributed by atoms with van der Waals surface area (Å²) in [4.78, 5) is 19.7. The van der Waals surface area contributed by atoms with Gasteiger partial charge in [-0.2, -0.15) is 21.6 Å². The summed E-state index contributed by atoms with van der Waals surface area (Å²) in [5.74, 6) is -0.379. The zero-order valence-corrected chi connectivity index (χ0v) is 17.9. The summed E-state index contributed by atoms with van der Waals surface area (Å²) in [6.07, 6.45) is 1.99. The van der Waals surface area contributed by atoms with Crippen LogP contribution in [0.25, 0.3) is 0 Å². The van der Waals surface area contributed by atoms with E-state index in [2.05, 4.69) is 5.16 Å². The number of likely N-dealkylation sites (tertiary alicyclic amines) is 1. The molecule has 1 aliphatic heterocycles. The van der Waals surface area contributed by atoms with Gasteiger partial charge < -0.3 is 9.74 Å². The number of para-hydroxylation sites is 1. The van der Waals surface area contributed by atoms with Crippen LogP contribution in [-0.2, 0) is 26.2 Å². The number of anilines is 1. The Hall–Kier alpha value is -2.30. The van der Waals surface area contributed by atoms with Gasteiger partial charge in [0.15, 0.2) is 5.71 Å². The van der Waals surface area contributed by atoms with Crippen molar-refractivity contribution in [3.05, 3.63) is 29.8 Å². The molecule has 1 aromatic carbocycles.